The Hall–Kier alpha value is -1.06. The van der Waals surface area contributed by atoms with Crippen LogP contribution in [0.1, 0.15) is 83.6 Å². The fraction of sp³-hybridized carbons (Fsp3) is 0.767. The van der Waals surface area contributed by atoms with E-state index in [1.807, 2.05) is 17.8 Å². The van der Waals surface area contributed by atoms with E-state index in [2.05, 4.69) is 48.3 Å². The van der Waals surface area contributed by atoms with Gasteiger partial charge in [-0.3, -0.25) is 4.90 Å². The van der Waals surface area contributed by atoms with Crippen LogP contribution in [0.2, 0.25) is 11.6 Å². The number of thioether (sulfide) groups is 1. The molecule has 3 fully saturated rings. The number of fused-ring (bicyclic) bond motifs is 1. The third-order valence-corrected chi connectivity index (χ3v) is 13.6. The van der Waals surface area contributed by atoms with Crippen LogP contribution >= 0.6 is 11.8 Å². The van der Waals surface area contributed by atoms with Crippen LogP contribution < -0.4 is 5.32 Å². The van der Waals surface area contributed by atoms with Gasteiger partial charge in [-0.1, -0.05) is 69.9 Å². The molecular weight excluding hydrogens is 512 g/mol. The molecular formula is C30H50N2O4SSi. The van der Waals surface area contributed by atoms with Crippen molar-refractivity contribution in [2.45, 2.75) is 114 Å². The number of hydrogen-bond acceptors (Lipinski definition) is 6. The highest BCUT2D eigenvalue weighted by Crippen LogP contribution is 2.41. The van der Waals surface area contributed by atoms with Crippen molar-refractivity contribution < 1.29 is 18.4 Å². The first-order valence-corrected chi connectivity index (χ1v) is 18.4. The van der Waals surface area contributed by atoms with Gasteiger partial charge in [0, 0.05) is 19.6 Å². The number of carbonyl (C=O) groups is 1. The number of alkyl carbamates (subject to hydrolysis) is 1. The molecule has 1 aliphatic carbocycles. The summed E-state index contributed by atoms with van der Waals surface area (Å²) >= 11 is 1.98. The second-order valence-electron chi connectivity index (χ2n) is 11.7. The minimum absolute atomic E-state index is 0.0168. The molecule has 4 rings (SSSR count). The van der Waals surface area contributed by atoms with Crippen molar-refractivity contribution in [2.75, 3.05) is 31.1 Å². The fourth-order valence-corrected chi connectivity index (χ4v) is 10.9. The molecule has 8 heteroatoms. The Balaban J connectivity index is 1.05. The molecule has 2 saturated heterocycles. The van der Waals surface area contributed by atoms with E-state index in [1.54, 1.807) is 0 Å². The number of nitrogens with one attached hydrogen (secondary N) is 1. The molecule has 3 unspecified atom stereocenters. The van der Waals surface area contributed by atoms with Gasteiger partial charge < -0.3 is 18.9 Å². The van der Waals surface area contributed by atoms with Gasteiger partial charge in [-0.25, -0.2) is 4.79 Å². The number of ether oxygens (including phenoxy) is 1. The molecule has 1 amide bonds. The van der Waals surface area contributed by atoms with Crippen LogP contribution in [0, 0.1) is 0 Å². The Kier molecular flexibility index (Phi) is 12.3. The third kappa shape index (κ3) is 9.25. The largest absolute Gasteiger partial charge is 0.445 e. The molecule has 3 atom stereocenters. The Morgan fingerprint density at radius 2 is 1.74 bits per heavy atom. The lowest BCUT2D eigenvalue weighted by molar-refractivity contribution is 0.0398. The standard InChI is InChI=1S/C30H50N2O4SSi/c1-25(2)38(35-28-16-8-3-4-9-17-29(28)36-38)22-12-21-37-20-11-18-31-30(33)34-27-15-10-19-32(24-27)23-26-13-6-5-7-14-26/h5-7,13-14,25,27-29H,3-4,8-12,15-24H2,1-2H3,(H,31,33). The van der Waals surface area contributed by atoms with Gasteiger partial charge >= 0.3 is 14.7 Å². The van der Waals surface area contributed by atoms with E-state index in [0.717, 1.165) is 62.9 Å². The molecule has 1 N–H and O–H groups in total. The summed E-state index contributed by atoms with van der Waals surface area (Å²) in [6.45, 7) is 8.07. The maximum Gasteiger partial charge on any atom is 0.407 e. The van der Waals surface area contributed by atoms with Gasteiger partial charge in [0.15, 0.2) is 0 Å². The molecule has 38 heavy (non-hydrogen) atoms. The molecule has 3 aliphatic rings. The summed E-state index contributed by atoms with van der Waals surface area (Å²) in [4.78, 5) is 14.7. The molecule has 1 aromatic rings. The Morgan fingerprint density at radius 1 is 1.03 bits per heavy atom. The number of carbonyl (C=O) groups excluding carboxylic acids is 1. The number of amides is 1. The Labute approximate surface area is 236 Å². The molecule has 1 saturated carbocycles. The van der Waals surface area contributed by atoms with Crippen molar-refractivity contribution in [1.82, 2.24) is 10.2 Å². The van der Waals surface area contributed by atoms with Crippen molar-refractivity contribution in [1.29, 1.82) is 0 Å². The fourth-order valence-electron chi connectivity index (χ4n) is 6.08. The highest BCUT2D eigenvalue weighted by atomic mass is 32.2. The molecule has 0 aromatic heterocycles. The lowest BCUT2D eigenvalue weighted by Crippen LogP contribution is -2.42. The van der Waals surface area contributed by atoms with Crippen LogP contribution in [-0.2, 0) is 20.1 Å². The minimum Gasteiger partial charge on any atom is -0.445 e. The average Bonchev–Trinajstić information content (AvgIpc) is 3.24. The molecule has 0 bridgehead atoms. The van der Waals surface area contributed by atoms with Gasteiger partial charge in [-0.2, -0.15) is 11.8 Å². The van der Waals surface area contributed by atoms with Crippen molar-refractivity contribution >= 4 is 26.4 Å². The molecule has 214 valence electrons. The number of rotatable bonds is 12. The zero-order valence-electron chi connectivity index (χ0n) is 23.7. The van der Waals surface area contributed by atoms with Crippen LogP contribution in [0.25, 0.3) is 0 Å². The van der Waals surface area contributed by atoms with Crippen LogP contribution in [-0.4, -0.2) is 69.0 Å². The van der Waals surface area contributed by atoms with Crippen molar-refractivity contribution in [3.63, 3.8) is 0 Å². The van der Waals surface area contributed by atoms with E-state index in [9.17, 15) is 4.79 Å². The normalized spacial score (nSPS) is 28.4. The lowest BCUT2D eigenvalue weighted by atomic mass is 9.96. The smallest absolute Gasteiger partial charge is 0.407 e. The van der Waals surface area contributed by atoms with E-state index in [1.165, 1.54) is 44.1 Å². The molecule has 0 radical (unpaired) electrons. The molecule has 0 spiro atoms. The van der Waals surface area contributed by atoms with Crippen molar-refractivity contribution in [3.05, 3.63) is 35.9 Å². The van der Waals surface area contributed by atoms with Crippen molar-refractivity contribution in [2.24, 2.45) is 0 Å². The molecule has 2 heterocycles. The van der Waals surface area contributed by atoms with E-state index >= 15 is 0 Å². The summed E-state index contributed by atoms with van der Waals surface area (Å²) in [6, 6.07) is 11.6. The molecule has 6 nitrogen and oxygen atoms in total. The third-order valence-electron chi connectivity index (χ3n) is 8.26. The first-order chi connectivity index (χ1) is 18.5. The minimum atomic E-state index is -2.11. The summed E-state index contributed by atoms with van der Waals surface area (Å²) in [6.07, 6.45) is 12.2. The van der Waals surface area contributed by atoms with Gasteiger partial charge in [-0.05, 0) is 73.7 Å². The quantitative estimate of drug-likeness (QED) is 0.221. The predicted molar refractivity (Wildman–Crippen MR) is 159 cm³/mol. The molecule has 2 aliphatic heterocycles. The summed E-state index contributed by atoms with van der Waals surface area (Å²) in [5.74, 6) is 2.19. The zero-order valence-corrected chi connectivity index (χ0v) is 25.5. The van der Waals surface area contributed by atoms with E-state index < -0.39 is 8.56 Å². The number of benzene rings is 1. The molecule has 1 aromatic carbocycles. The van der Waals surface area contributed by atoms with Gasteiger partial charge in [0.2, 0.25) is 0 Å². The Bertz CT molecular complexity index is 814. The monoisotopic (exact) mass is 562 g/mol. The van der Waals surface area contributed by atoms with Crippen LogP contribution in [0.5, 0.6) is 0 Å². The van der Waals surface area contributed by atoms with E-state index in [0.29, 0.717) is 24.3 Å². The summed E-state index contributed by atoms with van der Waals surface area (Å²) in [7, 11) is -2.11. The second kappa shape index (κ2) is 15.7. The van der Waals surface area contributed by atoms with E-state index in [-0.39, 0.29) is 12.2 Å². The van der Waals surface area contributed by atoms with Gasteiger partial charge in [0.25, 0.3) is 0 Å². The predicted octanol–water partition coefficient (Wildman–Crippen LogP) is 6.88. The summed E-state index contributed by atoms with van der Waals surface area (Å²) in [5, 5.41) is 2.96. The first-order valence-electron chi connectivity index (χ1n) is 15.2. The summed E-state index contributed by atoms with van der Waals surface area (Å²) in [5.41, 5.74) is 1.81. The van der Waals surface area contributed by atoms with Crippen LogP contribution in [0.4, 0.5) is 4.79 Å². The maximum atomic E-state index is 12.3. The van der Waals surface area contributed by atoms with E-state index in [4.69, 9.17) is 13.6 Å². The number of nitrogens with zero attached hydrogens (tertiary/aromatic N) is 1. The number of piperidine rings is 1. The SMILES string of the molecule is CC(C)[Si]1(CCCSCCCNC(=O)OC2CCCN(Cc3ccccc3)C2)OC2CCCCCCC2O1. The average molecular weight is 563 g/mol. The Morgan fingerprint density at radius 3 is 2.45 bits per heavy atom. The lowest BCUT2D eigenvalue weighted by Gasteiger charge is -2.32. The van der Waals surface area contributed by atoms with Crippen LogP contribution in [0.15, 0.2) is 30.3 Å². The second-order valence-corrected chi connectivity index (χ2v) is 16.6. The van der Waals surface area contributed by atoms with Gasteiger partial charge in [0.1, 0.15) is 6.10 Å². The first kappa shape index (κ1) is 29.9. The summed E-state index contributed by atoms with van der Waals surface area (Å²) < 4.78 is 19.3. The van der Waals surface area contributed by atoms with Gasteiger partial charge in [-0.15, -0.1) is 0 Å². The highest BCUT2D eigenvalue weighted by molar-refractivity contribution is 7.99. The maximum absolute atomic E-state index is 12.3. The highest BCUT2D eigenvalue weighted by Gasteiger charge is 2.52. The van der Waals surface area contributed by atoms with Gasteiger partial charge in [0.05, 0.1) is 12.2 Å². The zero-order chi connectivity index (χ0) is 26.6. The van der Waals surface area contributed by atoms with Crippen LogP contribution in [0.3, 0.4) is 0 Å². The van der Waals surface area contributed by atoms with Crippen molar-refractivity contribution in [3.8, 4) is 0 Å². The number of likely N-dealkylation sites (tertiary alicyclic amines) is 1. The topological polar surface area (TPSA) is 60.0 Å². The number of hydrogen-bond donors (Lipinski definition) is 1.